The summed E-state index contributed by atoms with van der Waals surface area (Å²) in [7, 11) is 2.09. The van der Waals surface area contributed by atoms with Gasteiger partial charge in [0.05, 0.1) is 25.8 Å². The molecule has 3 rings (SSSR count). The van der Waals surface area contributed by atoms with Crippen LogP contribution in [-0.4, -0.2) is 68.7 Å². The fourth-order valence-electron chi connectivity index (χ4n) is 2.93. The smallest absolute Gasteiger partial charge is 0.193 e. The van der Waals surface area contributed by atoms with E-state index in [9.17, 15) is 0 Å². The number of likely N-dealkylation sites (N-methyl/N-ethyl adjacent to an activating group) is 1. The monoisotopic (exact) mass is 416 g/mol. The van der Waals surface area contributed by atoms with Gasteiger partial charge in [0.15, 0.2) is 5.96 Å². The van der Waals surface area contributed by atoms with Gasteiger partial charge in [-0.3, -0.25) is 9.89 Å². The Hall–Kier alpha value is -0.860. The second kappa shape index (κ2) is 8.69. The number of ether oxygens (including phenoxy) is 1. The number of nitrogens with one attached hydrogen (secondary N) is 1. The summed E-state index contributed by atoms with van der Waals surface area (Å²) in [5.41, 5.74) is 1.35. The first-order valence-electron chi connectivity index (χ1n) is 7.71. The second-order valence-electron chi connectivity index (χ2n) is 5.58. The normalized spacial score (nSPS) is 20.2. The minimum absolute atomic E-state index is 0. The molecule has 0 radical (unpaired) electrons. The summed E-state index contributed by atoms with van der Waals surface area (Å²) in [6, 6.07) is 11.1. The van der Waals surface area contributed by atoms with Crippen molar-refractivity contribution in [2.24, 2.45) is 4.99 Å². The number of aliphatic imine (C=N–C) groups is 1. The third-order valence-electron chi connectivity index (χ3n) is 4.18. The molecule has 1 saturated heterocycles. The molecule has 0 aliphatic carbocycles. The number of guanidine groups is 1. The van der Waals surface area contributed by atoms with Crippen molar-refractivity contribution in [1.29, 1.82) is 0 Å². The Bertz CT molecular complexity index is 476. The molecule has 6 heteroatoms. The van der Waals surface area contributed by atoms with Crippen molar-refractivity contribution in [2.75, 3.05) is 53.0 Å². The second-order valence-corrected chi connectivity index (χ2v) is 5.58. The molecule has 1 unspecified atom stereocenters. The summed E-state index contributed by atoms with van der Waals surface area (Å²) in [5, 5.41) is 3.52. The molecule has 1 fully saturated rings. The number of rotatable bonds is 4. The predicted molar refractivity (Wildman–Crippen MR) is 99.9 cm³/mol. The first kappa shape index (κ1) is 17.5. The number of hydrogen-bond donors (Lipinski definition) is 1. The third-order valence-corrected chi connectivity index (χ3v) is 4.18. The van der Waals surface area contributed by atoms with Crippen molar-refractivity contribution in [3.63, 3.8) is 0 Å². The van der Waals surface area contributed by atoms with Gasteiger partial charge in [-0.25, -0.2) is 0 Å². The number of hydrogen-bond acceptors (Lipinski definition) is 5. The molecule has 2 aliphatic rings. The van der Waals surface area contributed by atoms with E-state index in [-0.39, 0.29) is 24.0 Å². The molecule has 0 saturated carbocycles. The maximum atomic E-state index is 5.49. The molecular formula is C16H25IN4O. The van der Waals surface area contributed by atoms with Crippen molar-refractivity contribution < 1.29 is 4.74 Å². The Morgan fingerprint density at radius 2 is 1.91 bits per heavy atom. The minimum atomic E-state index is 0. The fraction of sp³-hybridized carbons (Fsp3) is 0.562. The van der Waals surface area contributed by atoms with Crippen LogP contribution in [0.4, 0.5) is 0 Å². The topological polar surface area (TPSA) is 40.1 Å². The molecule has 0 bridgehead atoms. The van der Waals surface area contributed by atoms with Gasteiger partial charge in [0, 0.05) is 33.2 Å². The summed E-state index contributed by atoms with van der Waals surface area (Å²) in [6.07, 6.45) is 0. The zero-order chi connectivity index (χ0) is 14.5. The van der Waals surface area contributed by atoms with Crippen molar-refractivity contribution in [3.05, 3.63) is 35.9 Å². The van der Waals surface area contributed by atoms with Gasteiger partial charge in [-0.05, 0) is 5.56 Å². The third kappa shape index (κ3) is 4.33. The summed E-state index contributed by atoms with van der Waals surface area (Å²) >= 11 is 0. The van der Waals surface area contributed by atoms with E-state index in [1.807, 2.05) is 0 Å². The number of nitrogens with zero attached hydrogens (tertiary/aromatic N) is 3. The Morgan fingerprint density at radius 3 is 2.55 bits per heavy atom. The Balaban J connectivity index is 0.00000176. The molecule has 0 spiro atoms. The van der Waals surface area contributed by atoms with E-state index >= 15 is 0 Å². The van der Waals surface area contributed by atoms with Crippen LogP contribution in [0.1, 0.15) is 11.6 Å². The van der Waals surface area contributed by atoms with E-state index < -0.39 is 0 Å². The summed E-state index contributed by atoms with van der Waals surface area (Å²) in [5.74, 6) is 1.02. The minimum Gasteiger partial charge on any atom is -0.379 e. The summed E-state index contributed by atoms with van der Waals surface area (Å²) in [6.45, 7) is 6.41. The first-order valence-corrected chi connectivity index (χ1v) is 7.71. The Morgan fingerprint density at radius 1 is 1.18 bits per heavy atom. The lowest BCUT2D eigenvalue weighted by molar-refractivity contribution is 0.0169. The first-order chi connectivity index (χ1) is 10.3. The molecule has 1 aromatic carbocycles. The van der Waals surface area contributed by atoms with E-state index in [0.29, 0.717) is 6.04 Å². The van der Waals surface area contributed by atoms with Gasteiger partial charge in [-0.15, -0.1) is 24.0 Å². The lowest BCUT2D eigenvalue weighted by atomic mass is 10.0. The SMILES string of the molecule is CN1CCN=C1NCC(c1ccccc1)N1CCOCC1.I. The van der Waals surface area contributed by atoms with Crippen LogP contribution in [0.5, 0.6) is 0 Å². The highest BCUT2D eigenvalue weighted by atomic mass is 127. The molecule has 1 N–H and O–H groups in total. The molecule has 1 aromatic rings. The maximum absolute atomic E-state index is 5.49. The van der Waals surface area contributed by atoms with Gasteiger partial charge in [-0.1, -0.05) is 30.3 Å². The molecule has 2 aliphatic heterocycles. The van der Waals surface area contributed by atoms with Crippen molar-refractivity contribution >= 4 is 29.9 Å². The lowest BCUT2D eigenvalue weighted by Gasteiger charge is -2.35. The summed E-state index contributed by atoms with van der Waals surface area (Å²) < 4.78 is 5.49. The van der Waals surface area contributed by atoms with Crippen LogP contribution >= 0.6 is 24.0 Å². The molecule has 122 valence electrons. The van der Waals surface area contributed by atoms with Gasteiger partial charge in [0.2, 0.25) is 0 Å². The van der Waals surface area contributed by atoms with Crippen molar-refractivity contribution in [1.82, 2.24) is 15.1 Å². The quantitative estimate of drug-likeness (QED) is 0.757. The van der Waals surface area contributed by atoms with Crippen molar-refractivity contribution in [2.45, 2.75) is 6.04 Å². The molecule has 0 aromatic heterocycles. The highest BCUT2D eigenvalue weighted by Gasteiger charge is 2.23. The Labute approximate surface area is 149 Å². The largest absolute Gasteiger partial charge is 0.379 e. The maximum Gasteiger partial charge on any atom is 0.193 e. The average molecular weight is 416 g/mol. The molecule has 22 heavy (non-hydrogen) atoms. The van der Waals surface area contributed by atoms with Crippen LogP contribution in [0.15, 0.2) is 35.3 Å². The fourth-order valence-corrected chi connectivity index (χ4v) is 2.93. The summed E-state index contributed by atoms with van der Waals surface area (Å²) in [4.78, 5) is 9.20. The molecule has 5 nitrogen and oxygen atoms in total. The molecular weight excluding hydrogens is 391 g/mol. The molecule has 0 amide bonds. The zero-order valence-electron chi connectivity index (χ0n) is 13.1. The average Bonchev–Trinajstić information content (AvgIpc) is 2.95. The van der Waals surface area contributed by atoms with E-state index in [4.69, 9.17) is 4.74 Å². The predicted octanol–water partition coefficient (Wildman–Crippen LogP) is 1.57. The van der Waals surface area contributed by atoms with E-state index in [2.05, 4.69) is 57.5 Å². The van der Waals surface area contributed by atoms with Crippen LogP contribution in [0, 0.1) is 0 Å². The van der Waals surface area contributed by atoms with E-state index in [1.165, 1.54) is 5.56 Å². The number of benzene rings is 1. The molecule has 1 atom stereocenters. The van der Waals surface area contributed by atoms with Crippen LogP contribution in [0.2, 0.25) is 0 Å². The zero-order valence-corrected chi connectivity index (χ0v) is 15.4. The number of morpholine rings is 1. The van der Waals surface area contributed by atoms with Crippen LogP contribution in [-0.2, 0) is 4.74 Å². The van der Waals surface area contributed by atoms with Gasteiger partial charge < -0.3 is 15.0 Å². The van der Waals surface area contributed by atoms with Gasteiger partial charge in [0.25, 0.3) is 0 Å². The van der Waals surface area contributed by atoms with Gasteiger partial charge >= 0.3 is 0 Å². The molecule has 2 heterocycles. The highest BCUT2D eigenvalue weighted by Crippen LogP contribution is 2.21. The number of halogens is 1. The standard InChI is InChI=1S/C16H24N4O.HI/c1-19-8-7-17-16(19)18-13-15(14-5-3-2-4-6-14)20-9-11-21-12-10-20;/h2-6,15H,7-13H2,1H3,(H,17,18);1H. The van der Waals surface area contributed by atoms with E-state index in [0.717, 1.165) is 51.9 Å². The lowest BCUT2D eigenvalue weighted by Crippen LogP contribution is -2.45. The van der Waals surface area contributed by atoms with Gasteiger partial charge in [-0.2, -0.15) is 0 Å². The van der Waals surface area contributed by atoms with Crippen LogP contribution in [0.25, 0.3) is 0 Å². The Kier molecular flexibility index (Phi) is 6.91. The van der Waals surface area contributed by atoms with E-state index in [1.54, 1.807) is 0 Å². The van der Waals surface area contributed by atoms with Crippen LogP contribution in [0.3, 0.4) is 0 Å². The van der Waals surface area contributed by atoms with Crippen molar-refractivity contribution in [3.8, 4) is 0 Å². The van der Waals surface area contributed by atoms with Crippen LogP contribution < -0.4 is 5.32 Å². The highest BCUT2D eigenvalue weighted by molar-refractivity contribution is 14.0. The van der Waals surface area contributed by atoms with Gasteiger partial charge in [0.1, 0.15) is 0 Å².